The van der Waals surface area contributed by atoms with Gasteiger partial charge in [0.15, 0.2) is 0 Å². The molecular weight excluding hydrogens is 462 g/mol. The molecule has 2 aromatic heterocycles. The van der Waals surface area contributed by atoms with Gasteiger partial charge in [0.25, 0.3) is 11.8 Å². The maximum Gasteiger partial charge on any atom is 0.325 e. The first-order valence-electron chi connectivity index (χ1n) is 12.1. The predicted molar refractivity (Wildman–Crippen MR) is 134 cm³/mol. The van der Waals surface area contributed by atoms with E-state index in [0.29, 0.717) is 50.9 Å². The summed E-state index contributed by atoms with van der Waals surface area (Å²) in [6, 6.07) is 9.07. The zero-order valence-corrected chi connectivity index (χ0v) is 20.8. The fraction of sp³-hybridized carbons (Fsp3) is 0.423. The molecule has 2 aliphatic heterocycles. The number of aryl methyl sites for hydroxylation is 1. The number of urea groups is 1. The Hall–Kier alpha value is -3.33. The summed E-state index contributed by atoms with van der Waals surface area (Å²) < 4.78 is 0. The highest BCUT2D eigenvalue weighted by Crippen LogP contribution is 2.36. The normalized spacial score (nSPS) is 21.1. The van der Waals surface area contributed by atoms with Crippen LogP contribution in [0.4, 0.5) is 4.79 Å². The molecule has 35 heavy (non-hydrogen) atoms. The first-order valence-corrected chi connectivity index (χ1v) is 13.0. The molecule has 1 N–H and O–H groups in total. The number of carbonyl (C=O) groups is 3. The third-order valence-corrected chi connectivity index (χ3v) is 8.49. The van der Waals surface area contributed by atoms with Gasteiger partial charge in [0, 0.05) is 48.1 Å². The number of aromatic nitrogens is 2. The van der Waals surface area contributed by atoms with Gasteiger partial charge in [0.1, 0.15) is 5.54 Å². The van der Waals surface area contributed by atoms with Crippen LogP contribution in [0.25, 0.3) is 10.9 Å². The van der Waals surface area contributed by atoms with Crippen molar-refractivity contribution in [1.82, 2.24) is 25.1 Å². The molecule has 0 spiro atoms. The third-order valence-electron chi connectivity index (χ3n) is 7.50. The molecule has 5 rings (SSSR count). The Bertz CT molecular complexity index is 1280. The molecule has 0 radical (unpaired) electrons. The molecule has 0 unspecified atom stereocenters. The summed E-state index contributed by atoms with van der Waals surface area (Å²) in [7, 11) is 0. The van der Waals surface area contributed by atoms with E-state index < -0.39 is 5.54 Å². The first kappa shape index (κ1) is 23.4. The summed E-state index contributed by atoms with van der Waals surface area (Å²) in [5.74, 6) is -0.161. The number of benzene rings is 1. The highest BCUT2D eigenvalue weighted by molar-refractivity contribution is 7.09. The average Bonchev–Trinajstić information content (AvgIpc) is 3.41. The van der Waals surface area contributed by atoms with Gasteiger partial charge in [-0.2, -0.15) is 0 Å². The molecule has 0 aliphatic carbocycles. The third kappa shape index (κ3) is 4.18. The number of pyridine rings is 1. The predicted octanol–water partition coefficient (Wildman–Crippen LogP) is 3.80. The standard InChI is InChI=1S/C26H29N5O3S/c1-3-26(24(33)31(25(34)29-26)14-10-22-17(2)28-16-35-22)20-8-12-30(13-9-20)23(32)19-6-7-21-18(15-19)5-4-11-27-21/h4-7,11,15-16,20H,3,8-10,12-14H2,1-2H3,(H,29,34)/t26-/m0/s1. The zero-order valence-electron chi connectivity index (χ0n) is 20.0. The molecule has 2 aliphatic rings. The monoisotopic (exact) mass is 491 g/mol. The van der Waals surface area contributed by atoms with Crippen LogP contribution in [0, 0.1) is 12.8 Å². The molecule has 2 saturated heterocycles. The van der Waals surface area contributed by atoms with Crippen molar-refractivity contribution in [1.29, 1.82) is 0 Å². The van der Waals surface area contributed by atoms with Gasteiger partial charge in [0.05, 0.1) is 16.7 Å². The number of rotatable bonds is 6. The Balaban J connectivity index is 1.25. The van der Waals surface area contributed by atoms with Crippen LogP contribution in [-0.4, -0.2) is 62.8 Å². The Kier molecular flexibility index (Phi) is 6.27. The Labute approximate surface area is 208 Å². The number of hydrogen-bond acceptors (Lipinski definition) is 6. The number of likely N-dealkylation sites (tertiary alicyclic amines) is 1. The molecule has 4 heterocycles. The van der Waals surface area contributed by atoms with Crippen LogP contribution in [0.2, 0.25) is 0 Å². The summed E-state index contributed by atoms with van der Waals surface area (Å²) in [5.41, 5.74) is 3.34. The number of nitrogens with zero attached hydrogens (tertiary/aromatic N) is 4. The van der Waals surface area contributed by atoms with Crippen molar-refractivity contribution in [3.63, 3.8) is 0 Å². The number of imide groups is 1. The number of fused-ring (bicyclic) bond motifs is 1. The van der Waals surface area contributed by atoms with Crippen LogP contribution in [-0.2, 0) is 11.2 Å². The summed E-state index contributed by atoms with van der Waals surface area (Å²) in [6.45, 7) is 5.36. The topological polar surface area (TPSA) is 95.5 Å². The molecule has 0 saturated carbocycles. The van der Waals surface area contributed by atoms with Gasteiger partial charge in [-0.1, -0.05) is 13.0 Å². The quantitative estimate of drug-likeness (QED) is 0.529. The van der Waals surface area contributed by atoms with Crippen molar-refractivity contribution in [2.45, 2.75) is 45.1 Å². The minimum Gasteiger partial charge on any atom is -0.339 e. The SMILES string of the molecule is CC[C@@]1(C2CCN(C(=O)c3ccc4ncccc4c3)CC2)NC(=O)N(CCc2scnc2C)C1=O. The summed E-state index contributed by atoms with van der Waals surface area (Å²) in [6.07, 6.45) is 4.22. The Morgan fingerprint density at radius 3 is 2.71 bits per heavy atom. The average molecular weight is 492 g/mol. The minimum absolute atomic E-state index is 0.0102. The molecule has 8 nitrogen and oxygen atoms in total. The Morgan fingerprint density at radius 1 is 1.20 bits per heavy atom. The van der Waals surface area contributed by atoms with Crippen molar-refractivity contribution >= 4 is 40.1 Å². The lowest BCUT2D eigenvalue weighted by Gasteiger charge is -2.40. The summed E-state index contributed by atoms with van der Waals surface area (Å²) >= 11 is 1.55. The molecule has 1 aromatic carbocycles. The van der Waals surface area contributed by atoms with Gasteiger partial charge in [-0.15, -0.1) is 11.3 Å². The summed E-state index contributed by atoms with van der Waals surface area (Å²) in [5, 5.41) is 3.98. The second-order valence-corrected chi connectivity index (χ2v) is 10.2. The van der Waals surface area contributed by atoms with Gasteiger partial charge >= 0.3 is 6.03 Å². The lowest BCUT2D eigenvalue weighted by molar-refractivity contribution is -0.134. The smallest absolute Gasteiger partial charge is 0.325 e. The van der Waals surface area contributed by atoms with E-state index in [4.69, 9.17) is 0 Å². The van der Waals surface area contributed by atoms with E-state index in [9.17, 15) is 14.4 Å². The highest BCUT2D eigenvalue weighted by Gasteiger charge is 2.54. The van der Waals surface area contributed by atoms with Crippen LogP contribution >= 0.6 is 11.3 Å². The highest BCUT2D eigenvalue weighted by atomic mass is 32.1. The maximum absolute atomic E-state index is 13.5. The molecule has 182 valence electrons. The van der Waals surface area contributed by atoms with Crippen molar-refractivity contribution in [3.8, 4) is 0 Å². The number of carbonyl (C=O) groups excluding carboxylic acids is 3. The van der Waals surface area contributed by atoms with Gasteiger partial charge in [0.2, 0.25) is 0 Å². The van der Waals surface area contributed by atoms with Gasteiger partial charge < -0.3 is 10.2 Å². The lowest BCUT2D eigenvalue weighted by Crippen LogP contribution is -2.56. The molecule has 1 atom stereocenters. The van der Waals surface area contributed by atoms with Crippen LogP contribution in [0.15, 0.2) is 42.0 Å². The van der Waals surface area contributed by atoms with E-state index in [-0.39, 0.29) is 23.8 Å². The second-order valence-electron chi connectivity index (χ2n) is 9.30. The molecule has 0 bridgehead atoms. The van der Waals surface area contributed by atoms with E-state index in [0.717, 1.165) is 21.5 Å². The van der Waals surface area contributed by atoms with Crippen molar-refractivity contribution in [2.75, 3.05) is 19.6 Å². The molecule has 9 heteroatoms. The van der Waals surface area contributed by atoms with Crippen molar-refractivity contribution in [2.24, 2.45) is 5.92 Å². The number of hydrogen-bond donors (Lipinski definition) is 1. The summed E-state index contributed by atoms with van der Waals surface area (Å²) in [4.78, 5) is 52.4. The van der Waals surface area contributed by atoms with Crippen LogP contribution < -0.4 is 5.32 Å². The zero-order chi connectivity index (χ0) is 24.6. The Morgan fingerprint density at radius 2 is 2.00 bits per heavy atom. The van der Waals surface area contributed by atoms with E-state index >= 15 is 0 Å². The second kappa shape index (κ2) is 9.37. The molecule has 3 aromatic rings. The first-order chi connectivity index (χ1) is 16.9. The van der Waals surface area contributed by atoms with Crippen molar-refractivity contribution in [3.05, 3.63) is 58.2 Å². The lowest BCUT2D eigenvalue weighted by atomic mass is 9.75. The van der Waals surface area contributed by atoms with Crippen LogP contribution in [0.1, 0.15) is 47.1 Å². The van der Waals surface area contributed by atoms with E-state index in [1.54, 1.807) is 23.0 Å². The van der Waals surface area contributed by atoms with Gasteiger partial charge in [-0.05, 0) is 56.4 Å². The van der Waals surface area contributed by atoms with E-state index in [2.05, 4.69) is 15.3 Å². The van der Waals surface area contributed by atoms with Gasteiger partial charge in [-0.25, -0.2) is 9.78 Å². The number of nitrogens with one attached hydrogen (secondary N) is 1. The molecule has 2 fully saturated rings. The van der Waals surface area contributed by atoms with Crippen LogP contribution in [0.5, 0.6) is 0 Å². The number of amides is 4. The fourth-order valence-corrected chi connectivity index (χ4v) is 6.17. The van der Waals surface area contributed by atoms with E-state index in [1.165, 1.54) is 4.90 Å². The molecular formula is C26H29N5O3S. The van der Waals surface area contributed by atoms with Gasteiger partial charge in [-0.3, -0.25) is 19.5 Å². The largest absolute Gasteiger partial charge is 0.339 e. The maximum atomic E-state index is 13.5. The van der Waals surface area contributed by atoms with E-state index in [1.807, 2.05) is 49.1 Å². The number of thiazole rings is 1. The van der Waals surface area contributed by atoms with Crippen LogP contribution in [0.3, 0.4) is 0 Å². The molecule has 4 amide bonds. The number of piperidine rings is 1. The minimum atomic E-state index is -0.899. The fourth-order valence-electron chi connectivity index (χ4n) is 5.40. The van der Waals surface area contributed by atoms with Crippen molar-refractivity contribution < 1.29 is 14.4 Å².